The van der Waals surface area contributed by atoms with Gasteiger partial charge in [-0.1, -0.05) is 55.8 Å². The molecular weight excluding hydrogens is 290 g/mol. The van der Waals surface area contributed by atoms with E-state index in [2.05, 4.69) is 67.4 Å². The van der Waals surface area contributed by atoms with Gasteiger partial charge in [0, 0.05) is 11.6 Å². The van der Waals surface area contributed by atoms with Crippen molar-refractivity contribution in [3.8, 4) is 0 Å². The minimum absolute atomic E-state index is 0.596. The van der Waals surface area contributed by atoms with Gasteiger partial charge < -0.3 is 0 Å². The van der Waals surface area contributed by atoms with E-state index in [9.17, 15) is 0 Å². The minimum atomic E-state index is 0.596. The number of rotatable bonds is 4. The van der Waals surface area contributed by atoms with Gasteiger partial charge in [0.15, 0.2) is 0 Å². The molecule has 120 valence electrons. The van der Waals surface area contributed by atoms with Crippen molar-refractivity contribution in [2.24, 2.45) is 0 Å². The van der Waals surface area contributed by atoms with Crippen LogP contribution in [0, 0.1) is 0 Å². The van der Waals surface area contributed by atoms with E-state index in [1.807, 2.05) is 12.3 Å². The SMILES string of the molecule is CC(C)c1ccc2c(c1)C=C(CCc1ccc3ncccc3c1)C2. The number of fused-ring (bicyclic) bond motifs is 2. The van der Waals surface area contributed by atoms with E-state index in [4.69, 9.17) is 0 Å². The van der Waals surface area contributed by atoms with Crippen LogP contribution in [0.15, 0.2) is 60.3 Å². The van der Waals surface area contributed by atoms with E-state index in [0.717, 1.165) is 24.8 Å². The zero-order valence-corrected chi connectivity index (χ0v) is 14.4. The summed E-state index contributed by atoms with van der Waals surface area (Å²) in [6.45, 7) is 4.52. The Kier molecular flexibility index (Phi) is 3.93. The number of nitrogens with zero attached hydrogens (tertiary/aromatic N) is 1. The number of aryl methyl sites for hydroxylation is 1. The van der Waals surface area contributed by atoms with Gasteiger partial charge in [0.2, 0.25) is 0 Å². The Morgan fingerprint density at radius 1 is 1.00 bits per heavy atom. The quantitative estimate of drug-likeness (QED) is 0.581. The van der Waals surface area contributed by atoms with Crippen LogP contribution < -0.4 is 0 Å². The molecule has 1 heterocycles. The second kappa shape index (κ2) is 6.24. The van der Waals surface area contributed by atoms with Gasteiger partial charge in [0.1, 0.15) is 0 Å². The summed E-state index contributed by atoms with van der Waals surface area (Å²) in [5.41, 5.74) is 8.38. The molecular formula is C23H23N. The molecule has 0 fully saturated rings. The number of aromatic nitrogens is 1. The van der Waals surface area contributed by atoms with Crippen molar-refractivity contribution >= 4 is 17.0 Å². The van der Waals surface area contributed by atoms with Crippen LogP contribution in [-0.2, 0) is 12.8 Å². The largest absolute Gasteiger partial charge is 0.256 e. The van der Waals surface area contributed by atoms with Gasteiger partial charge in [-0.25, -0.2) is 0 Å². The fourth-order valence-corrected chi connectivity index (χ4v) is 3.53. The Balaban J connectivity index is 1.48. The van der Waals surface area contributed by atoms with Crippen molar-refractivity contribution in [2.45, 2.75) is 39.0 Å². The Morgan fingerprint density at radius 2 is 1.92 bits per heavy atom. The highest BCUT2D eigenvalue weighted by Crippen LogP contribution is 2.30. The van der Waals surface area contributed by atoms with Gasteiger partial charge in [-0.2, -0.15) is 0 Å². The molecule has 2 aromatic carbocycles. The van der Waals surface area contributed by atoms with Crippen molar-refractivity contribution in [3.05, 3.63) is 82.6 Å². The first kappa shape index (κ1) is 15.1. The van der Waals surface area contributed by atoms with E-state index < -0.39 is 0 Å². The molecule has 1 aliphatic rings. The number of pyridine rings is 1. The maximum atomic E-state index is 4.40. The van der Waals surface area contributed by atoms with Gasteiger partial charge >= 0.3 is 0 Å². The van der Waals surface area contributed by atoms with Crippen LogP contribution >= 0.6 is 0 Å². The highest BCUT2D eigenvalue weighted by atomic mass is 14.6. The molecule has 24 heavy (non-hydrogen) atoms. The number of allylic oxidation sites excluding steroid dienone is 1. The molecule has 0 aliphatic heterocycles. The normalized spacial score (nSPS) is 13.4. The second-order valence-electron chi connectivity index (χ2n) is 7.12. The summed E-state index contributed by atoms with van der Waals surface area (Å²) < 4.78 is 0. The maximum absolute atomic E-state index is 4.40. The molecule has 1 nitrogen and oxygen atoms in total. The summed E-state index contributed by atoms with van der Waals surface area (Å²) in [7, 11) is 0. The fourth-order valence-electron chi connectivity index (χ4n) is 3.53. The van der Waals surface area contributed by atoms with Crippen LogP contribution in [0.5, 0.6) is 0 Å². The summed E-state index contributed by atoms with van der Waals surface area (Å²) in [5, 5.41) is 1.24. The second-order valence-corrected chi connectivity index (χ2v) is 7.12. The van der Waals surface area contributed by atoms with E-state index in [1.54, 1.807) is 5.57 Å². The van der Waals surface area contributed by atoms with Gasteiger partial charge in [-0.15, -0.1) is 0 Å². The topological polar surface area (TPSA) is 12.9 Å². The summed E-state index contributed by atoms with van der Waals surface area (Å²) in [5.74, 6) is 0.596. The average Bonchev–Trinajstić information content (AvgIpc) is 3.01. The lowest BCUT2D eigenvalue weighted by Crippen LogP contribution is -1.92. The van der Waals surface area contributed by atoms with E-state index in [0.29, 0.717) is 5.92 Å². The van der Waals surface area contributed by atoms with Gasteiger partial charge in [0.05, 0.1) is 5.52 Å². The Labute approximate surface area is 144 Å². The van der Waals surface area contributed by atoms with Crippen molar-refractivity contribution < 1.29 is 0 Å². The predicted molar refractivity (Wildman–Crippen MR) is 102 cm³/mol. The molecule has 1 heteroatoms. The molecule has 0 spiro atoms. The summed E-state index contributed by atoms with van der Waals surface area (Å²) >= 11 is 0. The summed E-state index contributed by atoms with van der Waals surface area (Å²) in [6.07, 6.45) is 7.61. The average molecular weight is 313 g/mol. The molecule has 0 saturated heterocycles. The van der Waals surface area contributed by atoms with Crippen LogP contribution in [0.1, 0.15) is 48.4 Å². The zero-order chi connectivity index (χ0) is 16.5. The summed E-state index contributed by atoms with van der Waals surface area (Å²) in [6, 6.07) is 17.8. The Bertz CT molecular complexity index is 918. The molecule has 0 N–H and O–H groups in total. The first-order chi connectivity index (χ1) is 11.7. The highest BCUT2D eigenvalue weighted by Gasteiger charge is 2.14. The van der Waals surface area contributed by atoms with Crippen molar-refractivity contribution in [3.63, 3.8) is 0 Å². The van der Waals surface area contributed by atoms with E-state index in [-0.39, 0.29) is 0 Å². The van der Waals surface area contributed by atoms with Gasteiger partial charge in [-0.3, -0.25) is 4.98 Å². The fraction of sp³-hybridized carbons (Fsp3) is 0.261. The Hall–Kier alpha value is -2.41. The highest BCUT2D eigenvalue weighted by molar-refractivity contribution is 5.78. The molecule has 0 amide bonds. The van der Waals surface area contributed by atoms with Crippen molar-refractivity contribution in [1.29, 1.82) is 0 Å². The molecule has 1 aliphatic carbocycles. The van der Waals surface area contributed by atoms with Crippen LogP contribution in [0.4, 0.5) is 0 Å². The first-order valence-electron chi connectivity index (χ1n) is 8.85. The van der Waals surface area contributed by atoms with E-state index >= 15 is 0 Å². The molecule has 0 saturated carbocycles. The van der Waals surface area contributed by atoms with Crippen LogP contribution in [0.2, 0.25) is 0 Å². The maximum Gasteiger partial charge on any atom is 0.0702 e. The van der Waals surface area contributed by atoms with Gasteiger partial charge in [-0.05, 0) is 65.6 Å². The van der Waals surface area contributed by atoms with Crippen LogP contribution in [0.3, 0.4) is 0 Å². The molecule has 0 unspecified atom stereocenters. The number of hydrogen-bond donors (Lipinski definition) is 0. The van der Waals surface area contributed by atoms with Crippen LogP contribution in [-0.4, -0.2) is 4.98 Å². The van der Waals surface area contributed by atoms with Crippen molar-refractivity contribution in [1.82, 2.24) is 4.98 Å². The predicted octanol–water partition coefficient (Wildman–Crippen LogP) is 5.93. The van der Waals surface area contributed by atoms with Crippen LogP contribution in [0.25, 0.3) is 17.0 Å². The lowest BCUT2D eigenvalue weighted by molar-refractivity contribution is 0.864. The van der Waals surface area contributed by atoms with Crippen molar-refractivity contribution in [2.75, 3.05) is 0 Å². The number of benzene rings is 2. The zero-order valence-electron chi connectivity index (χ0n) is 14.4. The van der Waals surface area contributed by atoms with Gasteiger partial charge in [0.25, 0.3) is 0 Å². The smallest absolute Gasteiger partial charge is 0.0702 e. The lowest BCUT2D eigenvalue weighted by atomic mass is 9.98. The molecule has 3 aromatic rings. The lowest BCUT2D eigenvalue weighted by Gasteiger charge is -2.07. The molecule has 4 rings (SSSR count). The standard InChI is InChI=1S/C23H23N/c1-16(2)19-8-9-20-13-18(14-22(20)15-19)6-5-17-7-10-23-21(12-17)4-3-11-24-23/h3-4,7-12,14-16H,5-6,13H2,1-2H3. The third-order valence-corrected chi connectivity index (χ3v) is 5.02. The number of hydrogen-bond acceptors (Lipinski definition) is 1. The third-order valence-electron chi connectivity index (χ3n) is 5.02. The molecule has 0 bridgehead atoms. The Morgan fingerprint density at radius 3 is 2.79 bits per heavy atom. The monoisotopic (exact) mass is 313 g/mol. The van der Waals surface area contributed by atoms with E-state index in [1.165, 1.54) is 27.6 Å². The molecule has 0 radical (unpaired) electrons. The third kappa shape index (κ3) is 2.99. The first-order valence-corrected chi connectivity index (χ1v) is 8.85. The summed E-state index contributed by atoms with van der Waals surface area (Å²) in [4.78, 5) is 4.40. The molecule has 1 aromatic heterocycles. The molecule has 0 atom stereocenters. The minimum Gasteiger partial charge on any atom is -0.256 e.